The highest BCUT2D eigenvalue weighted by Gasteiger charge is 2.39. The summed E-state index contributed by atoms with van der Waals surface area (Å²) < 4.78 is 6.32. The van der Waals surface area contributed by atoms with E-state index in [4.69, 9.17) is 4.52 Å². The number of carbonyl (C=O) groups excluding carboxylic acids is 1. The summed E-state index contributed by atoms with van der Waals surface area (Å²) in [5.41, 5.74) is 1.79. The molecule has 0 radical (unpaired) electrons. The van der Waals surface area contributed by atoms with Gasteiger partial charge in [0.15, 0.2) is 5.82 Å². The van der Waals surface area contributed by atoms with E-state index in [0.29, 0.717) is 24.8 Å². The van der Waals surface area contributed by atoms with Crippen LogP contribution < -0.4 is 5.56 Å². The van der Waals surface area contributed by atoms with Crippen molar-refractivity contribution in [2.45, 2.75) is 37.1 Å². The van der Waals surface area contributed by atoms with Crippen molar-refractivity contribution in [3.8, 4) is 0 Å². The van der Waals surface area contributed by atoms with Gasteiger partial charge in [0.25, 0.3) is 5.56 Å². The zero-order valence-electron chi connectivity index (χ0n) is 15.8. The first-order valence-corrected chi connectivity index (χ1v) is 9.84. The molecule has 0 bridgehead atoms. The van der Waals surface area contributed by atoms with Crippen LogP contribution in [0.5, 0.6) is 0 Å². The second-order valence-electron chi connectivity index (χ2n) is 7.77. The maximum absolute atomic E-state index is 13.0. The van der Waals surface area contributed by atoms with Gasteiger partial charge in [-0.3, -0.25) is 14.2 Å². The Balaban J connectivity index is 1.35. The maximum Gasteiger partial charge on any atom is 0.254 e. The smallest absolute Gasteiger partial charge is 0.254 e. The number of nitrogens with zero attached hydrogens (tertiary/aromatic N) is 5. The van der Waals surface area contributed by atoms with Gasteiger partial charge in [0.1, 0.15) is 6.54 Å². The van der Waals surface area contributed by atoms with Crippen molar-refractivity contribution in [2.75, 3.05) is 13.1 Å². The molecule has 8 heteroatoms. The van der Waals surface area contributed by atoms with Crippen LogP contribution in [0.25, 0.3) is 0 Å². The van der Waals surface area contributed by atoms with Crippen molar-refractivity contribution in [2.24, 2.45) is 0 Å². The summed E-state index contributed by atoms with van der Waals surface area (Å²) >= 11 is 0. The Hall–Kier alpha value is -3.29. The zero-order chi connectivity index (χ0) is 19.8. The number of hydrogen-bond donors (Lipinski definition) is 0. The molecule has 0 spiro atoms. The molecule has 0 unspecified atom stereocenters. The van der Waals surface area contributed by atoms with Crippen LogP contribution in [0.2, 0.25) is 0 Å². The highest BCUT2D eigenvalue weighted by Crippen LogP contribution is 2.39. The molecule has 2 aromatic heterocycles. The lowest BCUT2D eigenvalue weighted by Gasteiger charge is -2.17. The second kappa shape index (κ2) is 7.27. The quantitative estimate of drug-likeness (QED) is 0.660. The molecule has 2 atom stereocenters. The van der Waals surface area contributed by atoms with Crippen LogP contribution in [0.15, 0.2) is 58.4 Å². The molecule has 2 fully saturated rings. The Kier molecular flexibility index (Phi) is 4.46. The van der Waals surface area contributed by atoms with E-state index in [1.54, 1.807) is 11.0 Å². The van der Waals surface area contributed by atoms with Crippen molar-refractivity contribution >= 4 is 5.91 Å². The number of likely N-dealkylation sites (tertiary alicyclic amines) is 1. The molecule has 8 nitrogen and oxygen atoms in total. The molecule has 29 heavy (non-hydrogen) atoms. The number of benzene rings is 1. The topological polar surface area (TPSA) is 94.1 Å². The minimum atomic E-state index is -0.177. The monoisotopic (exact) mass is 391 g/mol. The van der Waals surface area contributed by atoms with Gasteiger partial charge in [-0.1, -0.05) is 35.5 Å². The molecule has 148 valence electrons. The van der Waals surface area contributed by atoms with E-state index in [1.165, 1.54) is 17.3 Å². The first-order chi connectivity index (χ1) is 14.2. The molecular weight excluding hydrogens is 370 g/mol. The third kappa shape index (κ3) is 3.57. The van der Waals surface area contributed by atoms with Crippen molar-refractivity contribution in [3.63, 3.8) is 0 Å². The van der Waals surface area contributed by atoms with E-state index < -0.39 is 0 Å². The molecule has 1 aliphatic carbocycles. The Morgan fingerprint density at radius 1 is 1.10 bits per heavy atom. The van der Waals surface area contributed by atoms with Crippen LogP contribution >= 0.6 is 0 Å². The largest absolute Gasteiger partial charge is 0.343 e. The first kappa shape index (κ1) is 17.8. The molecule has 1 saturated heterocycles. The predicted molar refractivity (Wildman–Crippen MR) is 103 cm³/mol. The Labute approximate surface area is 167 Å². The van der Waals surface area contributed by atoms with Crippen LogP contribution in [-0.2, 0) is 11.3 Å². The SMILES string of the molecule is O=C(Cn1cnc(C2CC2)cc1=O)N1C[C@H](c2ccccc2)[C@H](c2ncon2)C1. The van der Waals surface area contributed by atoms with Gasteiger partial charge in [0.2, 0.25) is 12.3 Å². The third-order valence-corrected chi connectivity index (χ3v) is 5.81. The van der Waals surface area contributed by atoms with Gasteiger partial charge >= 0.3 is 0 Å². The highest BCUT2D eigenvalue weighted by atomic mass is 16.5. The van der Waals surface area contributed by atoms with E-state index in [2.05, 4.69) is 27.3 Å². The molecule has 1 aromatic carbocycles. The summed E-state index contributed by atoms with van der Waals surface area (Å²) in [5, 5.41) is 4.01. The summed E-state index contributed by atoms with van der Waals surface area (Å²) in [6, 6.07) is 11.6. The van der Waals surface area contributed by atoms with Gasteiger partial charge in [-0.25, -0.2) is 4.98 Å². The highest BCUT2D eigenvalue weighted by molar-refractivity contribution is 5.76. The molecule has 3 heterocycles. The molecule has 5 rings (SSSR count). The minimum absolute atomic E-state index is 0.0166. The molecular formula is C21H21N5O3. The number of hydrogen-bond acceptors (Lipinski definition) is 6. The van der Waals surface area contributed by atoms with E-state index in [-0.39, 0.29) is 29.8 Å². The second-order valence-corrected chi connectivity index (χ2v) is 7.77. The number of amides is 1. The number of aromatic nitrogens is 4. The maximum atomic E-state index is 13.0. The first-order valence-electron chi connectivity index (χ1n) is 9.84. The molecule has 0 N–H and O–H groups in total. The molecule has 3 aromatic rings. The summed E-state index contributed by atoms with van der Waals surface area (Å²) in [7, 11) is 0. The molecule has 2 aliphatic rings. The fraction of sp³-hybridized carbons (Fsp3) is 0.381. The lowest BCUT2D eigenvalue weighted by molar-refractivity contribution is -0.130. The standard InChI is InChI=1S/C21H21N5O3/c27-19-8-18(15-6-7-15)22-12-26(19)11-20(28)25-9-16(14-4-2-1-3-5-14)17(10-25)21-23-13-29-24-21/h1-5,8,12-13,15-17H,6-7,9-11H2/t16-,17-/m1/s1. The minimum Gasteiger partial charge on any atom is -0.343 e. The van der Waals surface area contributed by atoms with Gasteiger partial charge < -0.3 is 9.42 Å². The zero-order valence-corrected chi connectivity index (χ0v) is 15.8. The summed E-state index contributed by atoms with van der Waals surface area (Å²) in [6.45, 7) is 1.02. The van der Waals surface area contributed by atoms with E-state index in [1.807, 2.05) is 18.2 Å². The molecule has 1 saturated carbocycles. The van der Waals surface area contributed by atoms with E-state index >= 15 is 0 Å². The normalized spacial score (nSPS) is 21.4. The summed E-state index contributed by atoms with van der Waals surface area (Å²) in [6.07, 6.45) is 4.98. The van der Waals surface area contributed by atoms with Crippen molar-refractivity contribution < 1.29 is 9.32 Å². The van der Waals surface area contributed by atoms with Crippen molar-refractivity contribution in [1.29, 1.82) is 0 Å². The van der Waals surface area contributed by atoms with Gasteiger partial charge in [-0.15, -0.1) is 0 Å². The van der Waals surface area contributed by atoms with Crippen LogP contribution in [-0.4, -0.2) is 43.6 Å². The van der Waals surface area contributed by atoms with Crippen LogP contribution in [0.1, 0.15) is 47.7 Å². The fourth-order valence-corrected chi connectivity index (χ4v) is 4.06. The van der Waals surface area contributed by atoms with Gasteiger partial charge in [-0.2, -0.15) is 4.98 Å². The summed E-state index contributed by atoms with van der Waals surface area (Å²) in [4.78, 5) is 35.7. The molecule has 1 aliphatic heterocycles. The Morgan fingerprint density at radius 3 is 2.59 bits per heavy atom. The van der Waals surface area contributed by atoms with Crippen LogP contribution in [0, 0.1) is 0 Å². The van der Waals surface area contributed by atoms with Gasteiger partial charge in [-0.05, 0) is 18.4 Å². The summed E-state index contributed by atoms with van der Waals surface area (Å²) in [5.74, 6) is 0.924. The van der Waals surface area contributed by atoms with E-state index in [9.17, 15) is 9.59 Å². The van der Waals surface area contributed by atoms with Gasteiger partial charge in [0.05, 0.1) is 12.0 Å². The number of rotatable bonds is 5. The predicted octanol–water partition coefficient (Wildman–Crippen LogP) is 1.91. The van der Waals surface area contributed by atoms with Crippen LogP contribution in [0.4, 0.5) is 0 Å². The molecule has 1 amide bonds. The van der Waals surface area contributed by atoms with Crippen molar-refractivity contribution in [3.05, 3.63) is 76.6 Å². The van der Waals surface area contributed by atoms with Gasteiger partial charge in [0, 0.05) is 36.9 Å². The average Bonchev–Trinajstić information content (AvgIpc) is 3.26. The lowest BCUT2D eigenvalue weighted by atomic mass is 9.88. The Bertz CT molecular complexity index is 1060. The van der Waals surface area contributed by atoms with Crippen LogP contribution in [0.3, 0.4) is 0 Å². The Morgan fingerprint density at radius 2 is 1.90 bits per heavy atom. The lowest BCUT2D eigenvalue weighted by Crippen LogP contribution is -2.35. The fourth-order valence-electron chi connectivity index (χ4n) is 4.06. The number of carbonyl (C=O) groups is 1. The third-order valence-electron chi connectivity index (χ3n) is 5.81. The van der Waals surface area contributed by atoms with E-state index in [0.717, 1.165) is 24.1 Å². The average molecular weight is 391 g/mol. The van der Waals surface area contributed by atoms with Crippen molar-refractivity contribution in [1.82, 2.24) is 24.6 Å².